The molecule has 0 bridgehead atoms. The van der Waals surface area contributed by atoms with Crippen LogP contribution in [-0.2, 0) is 0 Å². The summed E-state index contributed by atoms with van der Waals surface area (Å²) in [7, 11) is 0. The summed E-state index contributed by atoms with van der Waals surface area (Å²) in [5.74, 6) is 0.177. The van der Waals surface area contributed by atoms with Gasteiger partial charge in [0, 0.05) is 0 Å². The molecule has 0 radical (unpaired) electrons. The number of aromatic nitrogens is 3. The van der Waals surface area contributed by atoms with E-state index < -0.39 is 0 Å². The summed E-state index contributed by atoms with van der Waals surface area (Å²) in [6, 6.07) is 7.72. The van der Waals surface area contributed by atoms with Crippen LogP contribution in [0.25, 0.3) is 5.69 Å². The largest absolute Gasteiger partial charge is 0.362 e. The third kappa shape index (κ3) is 3.55. The van der Waals surface area contributed by atoms with Gasteiger partial charge in [-0.2, -0.15) is 5.10 Å². The number of anilines is 2. The number of aryl methyl sites for hydroxylation is 2. The molecule has 7 nitrogen and oxygen atoms in total. The summed E-state index contributed by atoms with van der Waals surface area (Å²) in [5.41, 5.74) is 4.88. The Morgan fingerprint density at radius 2 is 1.96 bits per heavy atom. The molecule has 2 amide bonds. The molecular weight excluding hydrogens is 318 g/mol. The second kappa shape index (κ2) is 6.80. The van der Waals surface area contributed by atoms with Crippen molar-refractivity contribution in [2.24, 2.45) is 0 Å². The van der Waals surface area contributed by atoms with Gasteiger partial charge in [-0.25, -0.2) is 9.48 Å². The Morgan fingerprint density at radius 1 is 1.20 bits per heavy atom. The van der Waals surface area contributed by atoms with E-state index in [0.717, 1.165) is 16.9 Å². The summed E-state index contributed by atoms with van der Waals surface area (Å²) in [5, 5.41) is 13.8. The van der Waals surface area contributed by atoms with E-state index >= 15 is 0 Å². The zero-order chi connectivity index (χ0) is 18.0. The second-order valence-electron chi connectivity index (χ2n) is 6.24. The van der Waals surface area contributed by atoms with Crippen LogP contribution in [0.1, 0.15) is 36.7 Å². The van der Waals surface area contributed by atoms with Crippen molar-refractivity contribution < 1.29 is 9.32 Å². The summed E-state index contributed by atoms with van der Waals surface area (Å²) in [6.07, 6.45) is 3.06. The Balaban J connectivity index is 1.87. The number of nitrogens with one attached hydrogen (secondary N) is 2. The van der Waals surface area contributed by atoms with E-state index in [9.17, 15) is 4.79 Å². The first-order valence-corrected chi connectivity index (χ1v) is 8.09. The van der Waals surface area contributed by atoms with E-state index in [1.807, 2.05) is 29.8 Å². The highest BCUT2D eigenvalue weighted by atomic mass is 16.5. The fourth-order valence-corrected chi connectivity index (χ4v) is 2.66. The highest BCUT2D eigenvalue weighted by Crippen LogP contribution is 2.27. The normalized spacial score (nSPS) is 10.9. The standard InChI is InChI=1S/C18H21N5O2/c1-11(2)17-15(20-18(24)21-16-10-25-22-13(16)4)9-19-23(17)14-7-5-6-12(3)8-14/h5-11H,1-4H3,(H2,20,21,24). The summed E-state index contributed by atoms with van der Waals surface area (Å²) in [4.78, 5) is 12.3. The number of hydrogen-bond acceptors (Lipinski definition) is 4. The fraction of sp³-hybridized carbons (Fsp3) is 0.278. The first kappa shape index (κ1) is 16.8. The molecule has 0 spiro atoms. The third-order valence-corrected chi connectivity index (χ3v) is 3.85. The van der Waals surface area contributed by atoms with E-state index in [1.54, 1.807) is 13.1 Å². The number of urea groups is 1. The van der Waals surface area contributed by atoms with E-state index in [-0.39, 0.29) is 11.9 Å². The monoisotopic (exact) mass is 339 g/mol. The molecule has 0 aliphatic heterocycles. The third-order valence-electron chi connectivity index (χ3n) is 3.85. The highest BCUT2D eigenvalue weighted by Gasteiger charge is 2.18. The summed E-state index contributed by atoms with van der Waals surface area (Å²) < 4.78 is 6.68. The maximum atomic E-state index is 12.3. The molecular formula is C18H21N5O2. The lowest BCUT2D eigenvalue weighted by Gasteiger charge is -2.14. The molecule has 3 aromatic rings. The van der Waals surface area contributed by atoms with Crippen LogP contribution in [0.5, 0.6) is 0 Å². The van der Waals surface area contributed by atoms with E-state index in [2.05, 4.69) is 40.8 Å². The quantitative estimate of drug-likeness (QED) is 0.744. The Kier molecular flexibility index (Phi) is 4.56. The summed E-state index contributed by atoms with van der Waals surface area (Å²) in [6.45, 7) is 7.93. The fourth-order valence-electron chi connectivity index (χ4n) is 2.66. The van der Waals surface area contributed by atoms with Crippen molar-refractivity contribution in [1.29, 1.82) is 0 Å². The number of nitrogens with zero attached hydrogens (tertiary/aromatic N) is 3. The lowest BCUT2D eigenvalue weighted by molar-refractivity contribution is 0.262. The minimum atomic E-state index is -0.364. The van der Waals surface area contributed by atoms with Gasteiger partial charge in [-0.15, -0.1) is 0 Å². The molecule has 2 aromatic heterocycles. The molecule has 1 aromatic carbocycles. The molecule has 25 heavy (non-hydrogen) atoms. The molecule has 2 N–H and O–H groups in total. The van der Waals surface area contributed by atoms with Crippen molar-refractivity contribution in [2.45, 2.75) is 33.6 Å². The van der Waals surface area contributed by atoms with Gasteiger partial charge in [0.2, 0.25) is 0 Å². The molecule has 0 aliphatic rings. The van der Waals surface area contributed by atoms with Gasteiger partial charge in [-0.3, -0.25) is 0 Å². The lowest BCUT2D eigenvalue weighted by Crippen LogP contribution is -2.20. The second-order valence-corrected chi connectivity index (χ2v) is 6.24. The van der Waals surface area contributed by atoms with E-state index in [1.165, 1.54) is 6.26 Å². The Bertz CT molecular complexity index is 895. The van der Waals surface area contributed by atoms with Gasteiger partial charge >= 0.3 is 6.03 Å². The smallest absolute Gasteiger partial charge is 0.323 e. The van der Waals surface area contributed by atoms with Crippen LogP contribution >= 0.6 is 0 Å². The zero-order valence-electron chi connectivity index (χ0n) is 14.7. The van der Waals surface area contributed by atoms with E-state index in [0.29, 0.717) is 17.1 Å². The van der Waals surface area contributed by atoms with Crippen molar-refractivity contribution in [3.63, 3.8) is 0 Å². The van der Waals surface area contributed by atoms with Gasteiger partial charge < -0.3 is 15.2 Å². The predicted octanol–water partition coefficient (Wildman–Crippen LogP) is 4.24. The summed E-state index contributed by atoms with van der Waals surface area (Å²) >= 11 is 0. The molecule has 0 unspecified atom stereocenters. The molecule has 7 heteroatoms. The minimum Gasteiger partial charge on any atom is -0.362 e. The lowest BCUT2D eigenvalue weighted by atomic mass is 10.1. The number of carbonyl (C=O) groups excluding carboxylic acids is 1. The van der Waals surface area contributed by atoms with Gasteiger partial charge in [0.15, 0.2) is 0 Å². The number of hydrogen-bond donors (Lipinski definition) is 2. The van der Waals surface area contributed by atoms with Gasteiger partial charge in [0.25, 0.3) is 0 Å². The number of rotatable bonds is 4. The number of carbonyl (C=O) groups is 1. The van der Waals surface area contributed by atoms with Crippen molar-refractivity contribution in [3.05, 3.63) is 53.7 Å². The highest BCUT2D eigenvalue weighted by molar-refractivity contribution is 6.00. The van der Waals surface area contributed by atoms with Crippen molar-refractivity contribution >= 4 is 17.4 Å². The molecule has 0 fully saturated rings. The zero-order valence-corrected chi connectivity index (χ0v) is 14.7. The SMILES string of the molecule is Cc1cccc(-n2ncc(NC(=O)Nc3conc3C)c2C(C)C)c1. The average Bonchev–Trinajstić information content (AvgIpc) is 3.14. The molecule has 130 valence electrons. The van der Waals surface area contributed by atoms with Crippen molar-refractivity contribution in [2.75, 3.05) is 10.6 Å². The van der Waals surface area contributed by atoms with Crippen molar-refractivity contribution in [1.82, 2.24) is 14.9 Å². The predicted molar refractivity (Wildman–Crippen MR) is 96.3 cm³/mol. The van der Waals surface area contributed by atoms with Crippen LogP contribution in [0.15, 0.2) is 41.2 Å². The molecule has 2 heterocycles. The van der Waals surface area contributed by atoms with Crippen LogP contribution in [0.4, 0.5) is 16.2 Å². The number of benzene rings is 1. The minimum absolute atomic E-state index is 0.177. The Morgan fingerprint density at radius 3 is 2.60 bits per heavy atom. The molecule has 0 saturated carbocycles. The number of amides is 2. The molecule has 0 atom stereocenters. The van der Waals surface area contributed by atoms with Crippen LogP contribution in [0, 0.1) is 13.8 Å². The maximum absolute atomic E-state index is 12.3. The first-order valence-electron chi connectivity index (χ1n) is 8.09. The van der Waals surface area contributed by atoms with E-state index in [4.69, 9.17) is 4.52 Å². The molecule has 0 saturated heterocycles. The van der Waals surface area contributed by atoms with Gasteiger partial charge in [-0.1, -0.05) is 31.1 Å². The Hall–Kier alpha value is -3.09. The van der Waals surface area contributed by atoms with Crippen LogP contribution in [-0.4, -0.2) is 21.0 Å². The van der Waals surface area contributed by atoms with Crippen molar-refractivity contribution in [3.8, 4) is 5.69 Å². The molecule has 0 aliphatic carbocycles. The maximum Gasteiger partial charge on any atom is 0.323 e. The Labute approximate surface area is 146 Å². The molecule has 3 rings (SSSR count). The van der Waals surface area contributed by atoms with Gasteiger partial charge in [-0.05, 0) is 37.5 Å². The van der Waals surface area contributed by atoms with Gasteiger partial charge in [0.1, 0.15) is 17.6 Å². The van der Waals surface area contributed by atoms with Crippen LogP contribution in [0.2, 0.25) is 0 Å². The van der Waals surface area contributed by atoms with Gasteiger partial charge in [0.05, 0.1) is 23.3 Å². The van der Waals surface area contributed by atoms with Crippen LogP contribution < -0.4 is 10.6 Å². The average molecular weight is 339 g/mol. The topological polar surface area (TPSA) is 85.0 Å². The first-order chi connectivity index (χ1) is 12.0. The van der Waals surface area contributed by atoms with Crippen LogP contribution in [0.3, 0.4) is 0 Å².